The van der Waals surface area contributed by atoms with Crippen LogP contribution in [0.15, 0.2) is 21.5 Å². The molecule has 0 spiro atoms. The van der Waals surface area contributed by atoms with Crippen molar-refractivity contribution < 1.29 is 27.5 Å². The summed E-state index contributed by atoms with van der Waals surface area (Å²) in [5.74, 6) is -0.351. The minimum atomic E-state index is -3.54. The summed E-state index contributed by atoms with van der Waals surface area (Å²) < 4.78 is 34.5. The monoisotopic (exact) mass is 418 g/mol. The molecule has 0 unspecified atom stereocenters. The zero-order valence-electron chi connectivity index (χ0n) is 13.5. The molecular weight excluding hydrogens is 400 g/mol. The zero-order valence-corrected chi connectivity index (χ0v) is 15.9. The summed E-state index contributed by atoms with van der Waals surface area (Å²) in [4.78, 5) is 24.2. The third-order valence-corrected chi connectivity index (χ3v) is 5.57. The number of hydrogen-bond acceptors (Lipinski definition) is 6. The summed E-state index contributed by atoms with van der Waals surface area (Å²) in [6, 6.07) is 2.74. The Morgan fingerprint density at radius 2 is 1.92 bits per heavy atom. The predicted octanol–water partition coefficient (Wildman–Crippen LogP) is 2.43. The summed E-state index contributed by atoms with van der Waals surface area (Å²) in [5.41, 5.74) is 0.240. The lowest BCUT2D eigenvalue weighted by Crippen LogP contribution is -2.13. The van der Waals surface area contributed by atoms with E-state index in [0.29, 0.717) is 0 Å². The number of halogens is 1. The van der Waals surface area contributed by atoms with Crippen molar-refractivity contribution in [2.24, 2.45) is 5.92 Å². The molecule has 132 valence electrons. The fourth-order valence-corrected chi connectivity index (χ4v) is 3.84. The number of methoxy groups -OCH3 is 1. The quantitative estimate of drug-likeness (QED) is 0.347. The molecule has 6 nitrogen and oxygen atoms in total. The molecule has 0 saturated heterocycles. The standard InChI is InChI=1S/C16H19BrO6S/c1-22-7-8-23-16-14(24(2,20)21)6-5-11(15(16)17)13(19)9-12(18)10-3-4-10/h5-6,10H,3-4,7-9H2,1-2H3. The second-order valence-electron chi connectivity index (χ2n) is 5.71. The van der Waals surface area contributed by atoms with E-state index in [1.165, 1.54) is 19.2 Å². The van der Waals surface area contributed by atoms with Crippen LogP contribution in [0.2, 0.25) is 0 Å². The average molecular weight is 419 g/mol. The van der Waals surface area contributed by atoms with Crippen LogP contribution in [0.25, 0.3) is 0 Å². The fraction of sp³-hybridized carbons (Fsp3) is 0.500. The molecule has 0 radical (unpaired) electrons. The minimum Gasteiger partial charge on any atom is -0.489 e. The molecule has 24 heavy (non-hydrogen) atoms. The summed E-state index contributed by atoms with van der Waals surface area (Å²) in [7, 11) is -2.04. The molecule has 0 atom stereocenters. The van der Waals surface area contributed by atoms with E-state index in [-0.39, 0.29) is 57.8 Å². The van der Waals surface area contributed by atoms with Crippen LogP contribution in [0.5, 0.6) is 5.75 Å². The van der Waals surface area contributed by atoms with Crippen LogP contribution >= 0.6 is 15.9 Å². The first-order valence-electron chi connectivity index (χ1n) is 7.46. The van der Waals surface area contributed by atoms with Gasteiger partial charge >= 0.3 is 0 Å². The maximum atomic E-state index is 12.4. The van der Waals surface area contributed by atoms with Crippen molar-refractivity contribution in [2.45, 2.75) is 24.2 Å². The number of Topliss-reactive ketones (excluding diaryl/α,β-unsaturated/α-hetero) is 2. The van der Waals surface area contributed by atoms with Crippen LogP contribution in [-0.4, -0.2) is 46.6 Å². The molecule has 2 rings (SSSR count). The van der Waals surface area contributed by atoms with Gasteiger partial charge in [-0.3, -0.25) is 9.59 Å². The number of ketones is 2. The van der Waals surface area contributed by atoms with E-state index in [4.69, 9.17) is 9.47 Å². The first-order chi connectivity index (χ1) is 11.3. The van der Waals surface area contributed by atoms with E-state index in [1.54, 1.807) is 0 Å². The van der Waals surface area contributed by atoms with E-state index < -0.39 is 9.84 Å². The highest BCUT2D eigenvalue weighted by molar-refractivity contribution is 9.10. The van der Waals surface area contributed by atoms with Crippen LogP contribution in [0.1, 0.15) is 29.6 Å². The van der Waals surface area contributed by atoms with Gasteiger partial charge in [-0.1, -0.05) is 0 Å². The highest BCUT2D eigenvalue weighted by Crippen LogP contribution is 2.37. The molecule has 1 fully saturated rings. The molecule has 1 aromatic rings. The first kappa shape index (κ1) is 19.1. The first-order valence-corrected chi connectivity index (χ1v) is 10.1. The molecule has 1 aliphatic rings. The lowest BCUT2D eigenvalue weighted by molar-refractivity contribution is -0.119. The Kier molecular flexibility index (Phi) is 6.17. The molecule has 8 heteroatoms. The lowest BCUT2D eigenvalue weighted by Gasteiger charge is -2.14. The second-order valence-corrected chi connectivity index (χ2v) is 8.49. The smallest absolute Gasteiger partial charge is 0.179 e. The van der Waals surface area contributed by atoms with E-state index in [0.717, 1.165) is 19.1 Å². The minimum absolute atomic E-state index is 0.000409. The van der Waals surface area contributed by atoms with Crippen molar-refractivity contribution in [3.05, 3.63) is 22.2 Å². The van der Waals surface area contributed by atoms with Crippen LogP contribution in [0.4, 0.5) is 0 Å². The van der Waals surface area contributed by atoms with Gasteiger partial charge in [0, 0.05) is 24.8 Å². The fourth-order valence-electron chi connectivity index (χ4n) is 2.21. The third-order valence-electron chi connectivity index (χ3n) is 3.66. The number of carbonyl (C=O) groups is 2. The summed E-state index contributed by atoms with van der Waals surface area (Å²) in [6.07, 6.45) is 2.56. The Bertz CT molecular complexity index is 752. The van der Waals surface area contributed by atoms with Gasteiger partial charge in [-0.15, -0.1) is 0 Å². The van der Waals surface area contributed by atoms with Gasteiger partial charge in [0.15, 0.2) is 21.4 Å². The molecule has 0 aromatic heterocycles. The number of hydrogen-bond donors (Lipinski definition) is 0. The van der Waals surface area contributed by atoms with Gasteiger partial charge in [0.25, 0.3) is 0 Å². The molecular formula is C16H19BrO6S. The van der Waals surface area contributed by atoms with E-state index in [1.807, 2.05) is 0 Å². The second kappa shape index (κ2) is 7.76. The largest absolute Gasteiger partial charge is 0.489 e. The molecule has 0 heterocycles. The van der Waals surface area contributed by atoms with Gasteiger partial charge in [-0.25, -0.2) is 8.42 Å². The molecule has 1 aromatic carbocycles. The number of sulfone groups is 1. The lowest BCUT2D eigenvalue weighted by atomic mass is 10.0. The maximum absolute atomic E-state index is 12.4. The molecule has 0 amide bonds. The number of ether oxygens (including phenoxy) is 2. The van der Waals surface area contributed by atoms with Gasteiger partial charge in [-0.05, 0) is 40.9 Å². The van der Waals surface area contributed by atoms with Crippen LogP contribution in [0, 0.1) is 5.92 Å². The highest BCUT2D eigenvalue weighted by atomic mass is 79.9. The Balaban J connectivity index is 2.33. The van der Waals surface area contributed by atoms with Crippen molar-refractivity contribution in [1.82, 2.24) is 0 Å². The SMILES string of the molecule is COCCOc1c(S(C)(=O)=O)ccc(C(=O)CC(=O)C2CC2)c1Br. The topological polar surface area (TPSA) is 86.7 Å². The van der Waals surface area contributed by atoms with Crippen LogP contribution in [0.3, 0.4) is 0 Å². The van der Waals surface area contributed by atoms with Crippen molar-refractivity contribution in [3.63, 3.8) is 0 Å². The van der Waals surface area contributed by atoms with E-state index in [2.05, 4.69) is 15.9 Å². The molecule has 1 saturated carbocycles. The Morgan fingerprint density at radius 1 is 1.25 bits per heavy atom. The molecule has 1 aliphatic carbocycles. The van der Waals surface area contributed by atoms with Crippen LogP contribution < -0.4 is 4.74 Å². The van der Waals surface area contributed by atoms with Crippen molar-refractivity contribution in [1.29, 1.82) is 0 Å². The van der Waals surface area contributed by atoms with Crippen molar-refractivity contribution in [2.75, 3.05) is 26.6 Å². The van der Waals surface area contributed by atoms with Gasteiger partial charge in [-0.2, -0.15) is 0 Å². The van der Waals surface area contributed by atoms with Crippen molar-refractivity contribution >= 4 is 37.3 Å². The number of carbonyl (C=O) groups excluding carboxylic acids is 2. The van der Waals surface area contributed by atoms with Gasteiger partial charge < -0.3 is 9.47 Å². The zero-order chi connectivity index (χ0) is 17.9. The van der Waals surface area contributed by atoms with Gasteiger partial charge in [0.05, 0.1) is 17.5 Å². The average Bonchev–Trinajstić information content (AvgIpc) is 3.32. The molecule has 0 bridgehead atoms. The van der Waals surface area contributed by atoms with Gasteiger partial charge in [0.2, 0.25) is 0 Å². The van der Waals surface area contributed by atoms with E-state index in [9.17, 15) is 18.0 Å². The Hall–Kier alpha value is -1.25. The predicted molar refractivity (Wildman–Crippen MR) is 91.3 cm³/mol. The maximum Gasteiger partial charge on any atom is 0.179 e. The Morgan fingerprint density at radius 3 is 2.46 bits per heavy atom. The third kappa shape index (κ3) is 4.64. The highest BCUT2D eigenvalue weighted by Gasteiger charge is 2.32. The normalized spacial score (nSPS) is 14.5. The number of benzene rings is 1. The van der Waals surface area contributed by atoms with Crippen molar-refractivity contribution in [3.8, 4) is 5.75 Å². The van der Waals surface area contributed by atoms with E-state index >= 15 is 0 Å². The molecule has 0 N–H and O–H groups in total. The molecule has 0 aliphatic heterocycles. The number of rotatable bonds is 9. The van der Waals surface area contributed by atoms with Crippen LogP contribution in [-0.2, 0) is 19.4 Å². The summed E-state index contributed by atoms with van der Waals surface area (Å²) >= 11 is 3.26. The summed E-state index contributed by atoms with van der Waals surface area (Å²) in [5, 5.41) is 0. The Labute approximate surface area is 149 Å². The van der Waals surface area contributed by atoms with Gasteiger partial charge in [0.1, 0.15) is 17.3 Å². The summed E-state index contributed by atoms with van der Waals surface area (Å²) in [6.45, 7) is 0.407.